The number of carbonyl (C=O) groups is 1. The molecule has 0 saturated heterocycles. The molecule has 2 rings (SSSR count). The number of rotatable bonds is 9. The summed E-state index contributed by atoms with van der Waals surface area (Å²) in [5.41, 5.74) is 0.410. The topological polar surface area (TPSA) is 84.9 Å². The van der Waals surface area contributed by atoms with E-state index in [2.05, 4.69) is 5.32 Å². The Morgan fingerprint density at radius 1 is 1.12 bits per heavy atom. The minimum absolute atomic E-state index is 0.0578. The number of nitrogens with zero attached hydrogens (tertiary/aromatic N) is 1. The van der Waals surface area contributed by atoms with Gasteiger partial charge in [0.1, 0.15) is 0 Å². The minimum Gasteiger partial charge on any atom is -0.454 e. The molecular formula is C18H28N2O5S. The monoisotopic (exact) mass is 384 g/mol. The van der Waals surface area contributed by atoms with Crippen molar-refractivity contribution in [2.45, 2.75) is 27.7 Å². The third-order valence-electron chi connectivity index (χ3n) is 3.81. The second-order valence-electron chi connectivity index (χ2n) is 7.24. The number of sulfonamides is 1. The van der Waals surface area contributed by atoms with Crippen LogP contribution in [-0.2, 0) is 10.0 Å². The largest absolute Gasteiger partial charge is 0.454 e. The van der Waals surface area contributed by atoms with Crippen LogP contribution >= 0.6 is 0 Å². The summed E-state index contributed by atoms with van der Waals surface area (Å²) in [6.45, 7) is 9.12. The Morgan fingerprint density at radius 3 is 2.35 bits per heavy atom. The Kier molecular flexibility index (Phi) is 6.88. The molecule has 1 aromatic rings. The van der Waals surface area contributed by atoms with E-state index >= 15 is 0 Å². The maximum Gasteiger partial charge on any atom is 0.251 e. The molecule has 26 heavy (non-hydrogen) atoms. The molecule has 0 spiro atoms. The summed E-state index contributed by atoms with van der Waals surface area (Å²) in [7, 11) is -3.43. The molecule has 8 heteroatoms. The van der Waals surface area contributed by atoms with Crippen molar-refractivity contribution in [2.24, 2.45) is 11.8 Å². The lowest BCUT2D eigenvalue weighted by molar-refractivity contribution is 0.0955. The van der Waals surface area contributed by atoms with Crippen LogP contribution in [0.15, 0.2) is 18.2 Å². The van der Waals surface area contributed by atoms with Gasteiger partial charge in [-0.25, -0.2) is 12.7 Å². The van der Waals surface area contributed by atoms with Gasteiger partial charge in [0.05, 0.1) is 5.75 Å². The normalized spacial score (nSPS) is 13.7. The maximum absolute atomic E-state index is 12.6. The van der Waals surface area contributed by atoms with E-state index in [1.807, 2.05) is 27.7 Å². The average Bonchev–Trinajstić information content (AvgIpc) is 3.00. The molecule has 1 aliphatic rings. The molecule has 0 radical (unpaired) electrons. The Morgan fingerprint density at radius 2 is 1.73 bits per heavy atom. The molecule has 146 valence electrons. The quantitative estimate of drug-likeness (QED) is 0.705. The van der Waals surface area contributed by atoms with Gasteiger partial charge in [-0.15, -0.1) is 0 Å². The third kappa shape index (κ3) is 5.60. The highest BCUT2D eigenvalue weighted by atomic mass is 32.2. The smallest absolute Gasteiger partial charge is 0.251 e. The van der Waals surface area contributed by atoms with Gasteiger partial charge in [-0.1, -0.05) is 27.7 Å². The lowest BCUT2D eigenvalue weighted by Crippen LogP contribution is -2.41. The molecule has 1 amide bonds. The first-order valence-electron chi connectivity index (χ1n) is 8.84. The highest BCUT2D eigenvalue weighted by molar-refractivity contribution is 7.89. The summed E-state index contributed by atoms with van der Waals surface area (Å²) in [6.07, 6.45) is 0. The summed E-state index contributed by atoms with van der Waals surface area (Å²) in [5, 5.41) is 2.67. The van der Waals surface area contributed by atoms with Crippen LogP contribution in [0.2, 0.25) is 0 Å². The summed E-state index contributed by atoms with van der Waals surface area (Å²) in [4.78, 5) is 12.2. The first-order valence-corrected chi connectivity index (χ1v) is 10.5. The fraction of sp³-hybridized carbons (Fsp3) is 0.611. The highest BCUT2D eigenvalue weighted by Crippen LogP contribution is 2.32. The predicted octanol–water partition coefficient (Wildman–Crippen LogP) is 2.09. The fourth-order valence-electron chi connectivity index (χ4n) is 2.68. The first kappa shape index (κ1) is 20.5. The molecular weight excluding hydrogens is 356 g/mol. The van der Waals surface area contributed by atoms with E-state index in [0.29, 0.717) is 30.2 Å². The second-order valence-corrected chi connectivity index (χ2v) is 9.33. The van der Waals surface area contributed by atoms with Gasteiger partial charge in [-0.2, -0.15) is 0 Å². The molecule has 0 saturated carbocycles. The highest BCUT2D eigenvalue weighted by Gasteiger charge is 2.24. The maximum atomic E-state index is 12.6. The summed E-state index contributed by atoms with van der Waals surface area (Å²) in [5.74, 6) is 1.15. The molecule has 0 bridgehead atoms. The number of ether oxygens (including phenoxy) is 2. The van der Waals surface area contributed by atoms with Crippen molar-refractivity contribution < 1.29 is 22.7 Å². The van der Waals surface area contributed by atoms with Crippen LogP contribution in [0.25, 0.3) is 0 Å². The van der Waals surface area contributed by atoms with Crippen LogP contribution in [0.1, 0.15) is 38.1 Å². The zero-order valence-corrected chi connectivity index (χ0v) is 16.6. The Labute approximate surface area is 155 Å². The van der Waals surface area contributed by atoms with Gasteiger partial charge in [0.2, 0.25) is 16.8 Å². The van der Waals surface area contributed by atoms with Crippen molar-refractivity contribution in [1.82, 2.24) is 9.62 Å². The van der Waals surface area contributed by atoms with Crippen LogP contribution < -0.4 is 14.8 Å². The van der Waals surface area contributed by atoms with Crippen LogP contribution in [0.5, 0.6) is 11.5 Å². The Balaban J connectivity index is 1.92. The zero-order chi connectivity index (χ0) is 19.3. The minimum atomic E-state index is -3.43. The molecule has 0 atom stereocenters. The first-order chi connectivity index (χ1) is 12.2. The lowest BCUT2D eigenvalue weighted by atomic mass is 10.2. The van der Waals surface area contributed by atoms with Crippen molar-refractivity contribution in [3.05, 3.63) is 23.8 Å². The Bertz CT molecular complexity index is 721. The number of nitrogens with one attached hydrogen (secondary N) is 1. The number of benzene rings is 1. The van der Waals surface area contributed by atoms with Gasteiger partial charge >= 0.3 is 0 Å². The molecule has 1 aromatic carbocycles. The summed E-state index contributed by atoms with van der Waals surface area (Å²) >= 11 is 0. The summed E-state index contributed by atoms with van der Waals surface area (Å²) < 4.78 is 37.2. The van der Waals surface area contributed by atoms with Crippen molar-refractivity contribution in [3.8, 4) is 11.5 Å². The third-order valence-corrected chi connectivity index (χ3v) is 5.62. The number of hydrogen-bond donors (Lipinski definition) is 1. The molecule has 0 unspecified atom stereocenters. The van der Waals surface area contributed by atoms with Crippen molar-refractivity contribution >= 4 is 15.9 Å². The molecule has 1 N–H and O–H groups in total. The van der Waals surface area contributed by atoms with E-state index in [-0.39, 0.29) is 36.8 Å². The van der Waals surface area contributed by atoms with Gasteiger partial charge in [0, 0.05) is 25.2 Å². The van der Waals surface area contributed by atoms with Gasteiger partial charge in [0.15, 0.2) is 11.5 Å². The van der Waals surface area contributed by atoms with Crippen LogP contribution in [0.3, 0.4) is 0 Å². The van der Waals surface area contributed by atoms with Crippen LogP contribution in [0.4, 0.5) is 0 Å². The predicted molar refractivity (Wildman–Crippen MR) is 99.9 cm³/mol. The number of hydrogen-bond acceptors (Lipinski definition) is 5. The van der Waals surface area contributed by atoms with E-state index in [1.165, 1.54) is 4.31 Å². The lowest BCUT2D eigenvalue weighted by Gasteiger charge is -2.25. The second kappa shape index (κ2) is 8.73. The molecule has 1 heterocycles. The van der Waals surface area contributed by atoms with E-state index in [4.69, 9.17) is 9.47 Å². The van der Waals surface area contributed by atoms with Crippen molar-refractivity contribution in [2.75, 3.05) is 32.2 Å². The van der Waals surface area contributed by atoms with Crippen molar-refractivity contribution in [3.63, 3.8) is 0 Å². The van der Waals surface area contributed by atoms with E-state index in [0.717, 1.165) is 0 Å². The molecule has 0 fully saturated rings. The number of amides is 1. The van der Waals surface area contributed by atoms with E-state index in [1.54, 1.807) is 18.2 Å². The van der Waals surface area contributed by atoms with Gasteiger partial charge in [0.25, 0.3) is 5.91 Å². The average molecular weight is 384 g/mol. The molecule has 0 aliphatic carbocycles. The number of carbonyl (C=O) groups excluding carboxylic acids is 1. The fourth-order valence-corrected chi connectivity index (χ4v) is 4.35. The van der Waals surface area contributed by atoms with Crippen molar-refractivity contribution in [1.29, 1.82) is 0 Å². The van der Waals surface area contributed by atoms with Gasteiger partial charge in [-0.05, 0) is 30.0 Å². The number of fused-ring (bicyclic) bond motifs is 1. The summed E-state index contributed by atoms with van der Waals surface area (Å²) in [6, 6.07) is 4.89. The Hall–Kier alpha value is -1.80. The standard InChI is InChI=1S/C18H28N2O5S/c1-13(2)10-20(11-14(3)4)26(22,23)8-7-19-18(21)15-5-6-16-17(9-15)25-12-24-16/h5-6,9,13-14H,7-8,10-12H2,1-4H3,(H,19,21). The van der Waals surface area contributed by atoms with E-state index < -0.39 is 10.0 Å². The molecule has 0 aromatic heterocycles. The van der Waals surface area contributed by atoms with Crippen LogP contribution in [-0.4, -0.2) is 50.8 Å². The molecule has 1 aliphatic heterocycles. The van der Waals surface area contributed by atoms with Crippen LogP contribution in [0, 0.1) is 11.8 Å². The van der Waals surface area contributed by atoms with E-state index in [9.17, 15) is 13.2 Å². The zero-order valence-electron chi connectivity index (χ0n) is 15.8. The SMILES string of the molecule is CC(C)CN(CC(C)C)S(=O)(=O)CCNC(=O)c1ccc2c(c1)OCO2. The van der Waals surface area contributed by atoms with Gasteiger partial charge < -0.3 is 14.8 Å². The van der Waals surface area contributed by atoms with Gasteiger partial charge in [-0.3, -0.25) is 4.79 Å². The molecule has 7 nitrogen and oxygen atoms in total.